The van der Waals surface area contributed by atoms with Gasteiger partial charge in [-0.3, -0.25) is 4.79 Å². The lowest BCUT2D eigenvalue weighted by Gasteiger charge is -2.15. The monoisotopic (exact) mass is 265 g/mol. The number of carbonyl (C=O) groups is 1. The average molecular weight is 265 g/mol. The molecule has 0 spiro atoms. The van der Waals surface area contributed by atoms with Crippen LogP contribution >= 0.6 is 0 Å². The minimum absolute atomic E-state index is 0.109. The van der Waals surface area contributed by atoms with Gasteiger partial charge in [0.1, 0.15) is 6.04 Å². The molecule has 2 N–H and O–H groups in total. The molecule has 6 heteroatoms. The molecule has 1 saturated carbocycles. The minimum atomic E-state index is -0.928. The van der Waals surface area contributed by atoms with E-state index in [2.05, 4.69) is 10.3 Å². The van der Waals surface area contributed by atoms with Gasteiger partial charge in [-0.2, -0.15) is 0 Å². The minimum Gasteiger partial charge on any atom is -0.480 e. The number of aromatic nitrogens is 2. The molecule has 0 saturated heterocycles. The van der Waals surface area contributed by atoms with E-state index in [1.807, 2.05) is 13.8 Å². The van der Waals surface area contributed by atoms with Crippen LogP contribution in [0.5, 0.6) is 0 Å². The van der Waals surface area contributed by atoms with Gasteiger partial charge < -0.3 is 15.0 Å². The molecule has 0 bridgehead atoms. The second-order valence-electron chi connectivity index (χ2n) is 5.42. The largest absolute Gasteiger partial charge is 0.480 e. The molecule has 0 amide bonds. The second kappa shape index (κ2) is 5.42. The first-order valence-electron chi connectivity index (χ1n) is 6.54. The molecule has 1 aliphatic rings. The van der Waals surface area contributed by atoms with Crippen molar-refractivity contribution in [2.24, 2.45) is 11.8 Å². The predicted octanol–water partition coefficient (Wildman–Crippen LogP) is 1.17. The molecule has 1 heterocycles. The first kappa shape index (κ1) is 13.6. The first-order valence-corrected chi connectivity index (χ1v) is 6.54. The summed E-state index contributed by atoms with van der Waals surface area (Å²) in [5.41, 5.74) is -0.261. The van der Waals surface area contributed by atoms with Gasteiger partial charge in [0.2, 0.25) is 0 Å². The summed E-state index contributed by atoms with van der Waals surface area (Å²) in [5.74, 6) is -0.352. The summed E-state index contributed by atoms with van der Waals surface area (Å²) in [6, 6.07) is -0.713. The van der Waals surface area contributed by atoms with Crippen LogP contribution in [0.1, 0.15) is 26.7 Å². The number of anilines is 1. The summed E-state index contributed by atoms with van der Waals surface area (Å²) in [6.07, 6.45) is 4.92. The third kappa shape index (κ3) is 3.33. The predicted molar refractivity (Wildman–Crippen MR) is 71.1 cm³/mol. The zero-order chi connectivity index (χ0) is 14.0. The maximum atomic E-state index is 12.2. The molecule has 2 rings (SSSR count). The number of hydrogen-bond acceptors (Lipinski definition) is 4. The second-order valence-corrected chi connectivity index (χ2v) is 5.42. The molecular weight excluding hydrogens is 246 g/mol. The molecule has 0 aliphatic heterocycles. The van der Waals surface area contributed by atoms with Gasteiger partial charge >= 0.3 is 5.97 Å². The van der Waals surface area contributed by atoms with E-state index in [0.29, 0.717) is 12.5 Å². The summed E-state index contributed by atoms with van der Waals surface area (Å²) in [5, 5.41) is 11.9. The van der Waals surface area contributed by atoms with Crippen molar-refractivity contribution < 1.29 is 9.90 Å². The molecule has 0 radical (unpaired) electrons. The quantitative estimate of drug-likeness (QED) is 0.806. The summed E-state index contributed by atoms with van der Waals surface area (Å²) < 4.78 is 1.56. The van der Waals surface area contributed by atoms with E-state index in [1.54, 1.807) is 10.8 Å². The van der Waals surface area contributed by atoms with E-state index in [9.17, 15) is 9.59 Å². The van der Waals surface area contributed by atoms with Crippen molar-refractivity contribution >= 4 is 11.8 Å². The fraction of sp³-hybridized carbons (Fsp3) is 0.615. The Balaban J connectivity index is 2.20. The number of nitrogens with one attached hydrogen (secondary N) is 1. The topological polar surface area (TPSA) is 84.2 Å². The Morgan fingerprint density at radius 1 is 1.58 bits per heavy atom. The van der Waals surface area contributed by atoms with Crippen LogP contribution in [0.2, 0.25) is 0 Å². The van der Waals surface area contributed by atoms with Gasteiger partial charge in [0.25, 0.3) is 5.56 Å². The van der Waals surface area contributed by atoms with E-state index in [4.69, 9.17) is 5.11 Å². The summed E-state index contributed by atoms with van der Waals surface area (Å²) >= 11 is 0. The maximum Gasteiger partial charge on any atom is 0.326 e. The summed E-state index contributed by atoms with van der Waals surface area (Å²) in [6.45, 7) is 4.63. The van der Waals surface area contributed by atoms with Crippen molar-refractivity contribution in [2.75, 3.05) is 5.32 Å². The normalized spacial score (nSPS) is 16.4. The fourth-order valence-electron chi connectivity index (χ4n) is 2.04. The Labute approximate surface area is 111 Å². The van der Waals surface area contributed by atoms with Crippen LogP contribution in [0.4, 0.5) is 5.82 Å². The molecule has 1 aliphatic carbocycles. The molecule has 1 atom stereocenters. The van der Waals surface area contributed by atoms with E-state index >= 15 is 0 Å². The van der Waals surface area contributed by atoms with Crippen molar-refractivity contribution in [3.05, 3.63) is 22.7 Å². The lowest BCUT2D eigenvalue weighted by Crippen LogP contribution is -2.36. The van der Waals surface area contributed by atoms with Gasteiger partial charge in [0, 0.05) is 18.9 Å². The van der Waals surface area contributed by atoms with Gasteiger partial charge in [-0.05, 0) is 24.7 Å². The van der Waals surface area contributed by atoms with Gasteiger partial charge in [-0.1, -0.05) is 13.8 Å². The van der Waals surface area contributed by atoms with Crippen LogP contribution in [-0.4, -0.2) is 26.7 Å². The average Bonchev–Trinajstić information content (AvgIpc) is 3.13. The van der Waals surface area contributed by atoms with E-state index in [-0.39, 0.29) is 17.3 Å². The lowest BCUT2D eigenvalue weighted by atomic mass is 10.2. The van der Waals surface area contributed by atoms with Crippen LogP contribution in [0, 0.1) is 11.8 Å². The zero-order valence-corrected chi connectivity index (χ0v) is 11.2. The summed E-state index contributed by atoms with van der Waals surface area (Å²) in [7, 11) is 0. The summed E-state index contributed by atoms with van der Waals surface area (Å²) in [4.78, 5) is 27.3. The molecule has 0 aromatic carbocycles. The highest BCUT2D eigenvalue weighted by Gasteiger charge is 2.36. The fourth-order valence-corrected chi connectivity index (χ4v) is 2.04. The first-order chi connectivity index (χ1) is 8.99. The standard InChI is InChI=1S/C13H19N3O3/c1-8(2)7-16-6-5-14-11(12(16)17)15-10(13(18)19)9-3-4-9/h5-6,8-10H,3-4,7H2,1-2H3,(H,14,15)(H,18,19). The molecule has 1 aromatic heterocycles. The highest BCUT2D eigenvalue weighted by atomic mass is 16.4. The third-order valence-electron chi connectivity index (χ3n) is 3.13. The van der Waals surface area contributed by atoms with Crippen LogP contribution in [0.25, 0.3) is 0 Å². The number of carboxylic acid groups (broad SMARTS) is 1. The highest BCUT2D eigenvalue weighted by molar-refractivity contribution is 5.77. The van der Waals surface area contributed by atoms with E-state index < -0.39 is 12.0 Å². The number of carboxylic acids is 1. The van der Waals surface area contributed by atoms with E-state index in [0.717, 1.165) is 12.8 Å². The molecule has 1 aromatic rings. The van der Waals surface area contributed by atoms with Crippen molar-refractivity contribution in [3.8, 4) is 0 Å². The molecule has 104 valence electrons. The zero-order valence-electron chi connectivity index (χ0n) is 11.2. The molecule has 1 fully saturated rings. The SMILES string of the molecule is CC(C)Cn1ccnc(NC(C(=O)O)C2CC2)c1=O. The van der Waals surface area contributed by atoms with Crippen molar-refractivity contribution in [2.45, 2.75) is 39.3 Å². The smallest absolute Gasteiger partial charge is 0.326 e. The third-order valence-corrected chi connectivity index (χ3v) is 3.13. The lowest BCUT2D eigenvalue weighted by molar-refractivity contribution is -0.138. The number of nitrogens with zero attached hydrogens (tertiary/aromatic N) is 2. The van der Waals surface area contributed by atoms with Crippen LogP contribution in [-0.2, 0) is 11.3 Å². The molecular formula is C13H19N3O3. The van der Waals surface area contributed by atoms with Crippen molar-refractivity contribution in [3.63, 3.8) is 0 Å². The van der Waals surface area contributed by atoms with Crippen LogP contribution < -0.4 is 10.9 Å². The van der Waals surface area contributed by atoms with Gasteiger partial charge in [-0.15, -0.1) is 0 Å². The number of aliphatic carboxylic acids is 1. The Kier molecular flexibility index (Phi) is 3.87. The van der Waals surface area contributed by atoms with Crippen molar-refractivity contribution in [1.29, 1.82) is 0 Å². The maximum absolute atomic E-state index is 12.2. The Morgan fingerprint density at radius 3 is 2.79 bits per heavy atom. The van der Waals surface area contributed by atoms with Crippen LogP contribution in [0.3, 0.4) is 0 Å². The molecule has 1 unspecified atom stereocenters. The number of rotatable bonds is 6. The van der Waals surface area contributed by atoms with Gasteiger partial charge in [0.05, 0.1) is 0 Å². The Hall–Kier alpha value is -1.85. The van der Waals surface area contributed by atoms with E-state index in [1.165, 1.54) is 6.20 Å². The Bertz CT molecular complexity index is 520. The van der Waals surface area contributed by atoms with Crippen LogP contribution in [0.15, 0.2) is 17.2 Å². The van der Waals surface area contributed by atoms with Gasteiger partial charge in [0.15, 0.2) is 5.82 Å². The highest BCUT2D eigenvalue weighted by Crippen LogP contribution is 2.33. The Morgan fingerprint density at radius 2 is 2.26 bits per heavy atom. The molecule has 19 heavy (non-hydrogen) atoms. The van der Waals surface area contributed by atoms with Crippen molar-refractivity contribution in [1.82, 2.24) is 9.55 Å². The van der Waals surface area contributed by atoms with Gasteiger partial charge in [-0.25, -0.2) is 9.78 Å². The molecule has 6 nitrogen and oxygen atoms in total. The number of hydrogen-bond donors (Lipinski definition) is 2.